The van der Waals surface area contributed by atoms with Gasteiger partial charge in [-0.15, -0.1) is 0 Å². The van der Waals surface area contributed by atoms with Gasteiger partial charge in [0.05, 0.1) is 12.1 Å². The van der Waals surface area contributed by atoms with Gasteiger partial charge in [0.2, 0.25) is 0 Å². The van der Waals surface area contributed by atoms with Crippen LogP contribution in [-0.4, -0.2) is 22.4 Å². The minimum atomic E-state index is -0.223. The molecule has 0 bridgehead atoms. The molecule has 6 heteroatoms. The molecular formula is C16H17BrN2O3. The van der Waals surface area contributed by atoms with Gasteiger partial charge >= 0.3 is 0 Å². The second kappa shape index (κ2) is 6.16. The van der Waals surface area contributed by atoms with Gasteiger partial charge < -0.3 is 14.9 Å². The van der Waals surface area contributed by atoms with Gasteiger partial charge in [-0.05, 0) is 43.3 Å². The third-order valence-corrected chi connectivity index (χ3v) is 4.25. The highest BCUT2D eigenvalue weighted by Crippen LogP contribution is 2.34. The van der Waals surface area contributed by atoms with E-state index in [1.165, 1.54) is 6.07 Å². The first-order valence-corrected chi connectivity index (χ1v) is 7.79. The van der Waals surface area contributed by atoms with Crippen molar-refractivity contribution in [2.24, 2.45) is 0 Å². The Balaban J connectivity index is 1.85. The van der Waals surface area contributed by atoms with E-state index in [1.54, 1.807) is 12.1 Å². The first kappa shape index (κ1) is 15.1. The maximum absolute atomic E-state index is 10.1. The molecule has 3 rings (SSSR count). The lowest BCUT2D eigenvalue weighted by atomic mass is 9.98. The van der Waals surface area contributed by atoms with Gasteiger partial charge in [-0.25, -0.2) is 5.43 Å². The molecule has 0 aromatic heterocycles. The molecule has 0 amide bonds. The van der Waals surface area contributed by atoms with Crippen molar-refractivity contribution < 1.29 is 14.9 Å². The van der Waals surface area contributed by atoms with Crippen LogP contribution in [0.1, 0.15) is 18.5 Å². The van der Waals surface area contributed by atoms with Crippen LogP contribution in [0, 0.1) is 0 Å². The van der Waals surface area contributed by atoms with Gasteiger partial charge in [0.1, 0.15) is 23.4 Å². The predicted molar refractivity (Wildman–Crippen MR) is 86.8 cm³/mol. The lowest BCUT2D eigenvalue weighted by molar-refractivity contribution is 0.170. The fourth-order valence-corrected chi connectivity index (χ4v) is 2.83. The van der Waals surface area contributed by atoms with Crippen LogP contribution in [0.25, 0.3) is 0 Å². The Morgan fingerprint density at radius 1 is 1.05 bits per heavy atom. The van der Waals surface area contributed by atoms with E-state index in [9.17, 15) is 10.2 Å². The average molecular weight is 365 g/mol. The van der Waals surface area contributed by atoms with Crippen LogP contribution < -0.4 is 15.6 Å². The zero-order chi connectivity index (χ0) is 15.7. The molecule has 5 nitrogen and oxygen atoms in total. The van der Waals surface area contributed by atoms with E-state index in [1.807, 2.05) is 31.2 Å². The summed E-state index contributed by atoms with van der Waals surface area (Å²) in [6.07, 6.45) is -0.198. The number of phenols is 2. The number of hydrogen-bond donors (Lipinski definition) is 4. The number of rotatable bonds is 3. The van der Waals surface area contributed by atoms with Crippen molar-refractivity contribution in [2.75, 3.05) is 0 Å². The van der Waals surface area contributed by atoms with Crippen molar-refractivity contribution in [3.8, 4) is 17.2 Å². The number of ether oxygens (including phenoxy) is 1. The van der Waals surface area contributed by atoms with E-state index in [2.05, 4.69) is 26.8 Å². The summed E-state index contributed by atoms with van der Waals surface area (Å²) in [5.41, 5.74) is 6.95. The van der Waals surface area contributed by atoms with Crippen molar-refractivity contribution in [3.63, 3.8) is 0 Å². The second-order valence-corrected chi connectivity index (χ2v) is 6.25. The summed E-state index contributed by atoms with van der Waals surface area (Å²) in [6.45, 7) is 2.01. The first-order valence-electron chi connectivity index (χ1n) is 7.00. The van der Waals surface area contributed by atoms with E-state index < -0.39 is 0 Å². The van der Waals surface area contributed by atoms with Crippen LogP contribution in [0.3, 0.4) is 0 Å². The second-order valence-electron chi connectivity index (χ2n) is 5.33. The molecule has 22 heavy (non-hydrogen) atoms. The van der Waals surface area contributed by atoms with Crippen LogP contribution in [0.15, 0.2) is 46.9 Å². The van der Waals surface area contributed by atoms with Crippen molar-refractivity contribution >= 4 is 15.9 Å². The van der Waals surface area contributed by atoms with Gasteiger partial charge in [0.25, 0.3) is 0 Å². The number of hydrazine groups is 1. The van der Waals surface area contributed by atoms with E-state index in [0.29, 0.717) is 5.56 Å². The molecule has 116 valence electrons. The molecule has 2 aromatic rings. The summed E-state index contributed by atoms with van der Waals surface area (Å²) in [6, 6.07) is 12.0. The number of aromatic hydroxyl groups is 2. The standard InChI is InChI=1S/C16H17BrN2O3/c1-9-16(22-12-5-2-10(17)3-6-12)15(19-18-9)13-7-4-11(20)8-14(13)21/h2-9,15-16,18-21H,1H3. The highest BCUT2D eigenvalue weighted by Gasteiger charge is 2.37. The molecule has 1 aliphatic rings. The summed E-state index contributed by atoms with van der Waals surface area (Å²) < 4.78 is 7.06. The molecule has 0 radical (unpaired) electrons. The molecule has 0 saturated carbocycles. The number of hydrogen-bond acceptors (Lipinski definition) is 5. The van der Waals surface area contributed by atoms with Gasteiger partial charge in [-0.3, -0.25) is 5.43 Å². The third kappa shape index (κ3) is 3.04. The van der Waals surface area contributed by atoms with Crippen molar-refractivity contribution in [2.45, 2.75) is 25.1 Å². The SMILES string of the molecule is CC1NNC(c2ccc(O)cc2O)C1Oc1ccc(Br)cc1. The highest BCUT2D eigenvalue weighted by atomic mass is 79.9. The normalized spacial score (nSPS) is 24.4. The Labute approximate surface area is 137 Å². The lowest BCUT2D eigenvalue weighted by Crippen LogP contribution is -2.33. The van der Waals surface area contributed by atoms with Crippen LogP contribution >= 0.6 is 15.9 Å². The number of phenolic OH excluding ortho intramolecular Hbond substituents is 2. The Bertz CT molecular complexity index is 663. The molecule has 1 saturated heterocycles. The molecule has 1 aliphatic heterocycles. The predicted octanol–water partition coefficient (Wildman–Crippen LogP) is 2.85. The average Bonchev–Trinajstić information content (AvgIpc) is 2.83. The van der Waals surface area contributed by atoms with Crippen LogP contribution in [0.2, 0.25) is 0 Å². The van der Waals surface area contributed by atoms with E-state index >= 15 is 0 Å². The minimum Gasteiger partial charge on any atom is -0.508 e. The number of halogens is 1. The molecule has 2 aromatic carbocycles. The molecule has 1 heterocycles. The monoisotopic (exact) mass is 364 g/mol. The Morgan fingerprint density at radius 2 is 1.77 bits per heavy atom. The molecule has 3 unspecified atom stereocenters. The Kier molecular flexibility index (Phi) is 4.24. The summed E-state index contributed by atoms with van der Waals surface area (Å²) >= 11 is 3.40. The van der Waals surface area contributed by atoms with Gasteiger partial charge in [-0.1, -0.05) is 15.9 Å². The molecule has 0 spiro atoms. The Hall–Kier alpha value is -1.76. The summed E-state index contributed by atoms with van der Waals surface area (Å²) in [7, 11) is 0. The molecular weight excluding hydrogens is 348 g/mol. The molecule has 4 N–H and O–H groups in total. The topological polar surface area (TPSA) is 73.8 Å². The quantitative estimate of drug-likeness (QED) is 0.673. The lowest BCUT2D eigenvalue weighted by Gasteiger charge is -2.23. The van der Waals surface area contributed by atoms with E-state index in [4.69, 9.17) is 4.74 Å². The van der Waals surface area contributed by atoms with Crippen molar-refractivity contribution in [1.29, 1.82) is 0 Å². The summed E-state index contributed by atoms with van der Waals surface area (Å²) in [5.74, 6) is 0.831. The van der Waals surface area contributed by atoms with E-state index in [0.717, 1.165) is 10.2 Å². The fourth-order valence-electron chi connectivity index (χ4n) is 2.56. The van der Waals surface area contributed by atoms with Gasteiger partial charge in [0.15, 0.2) is 0 Å². The molecule has 0 aliphatic carbocycles. The van der Waals surface area contributed by atoms with Crippen LogP contribution in [0.4, 0.5) is 0 Å². The van der Waals surface area contributed by atoms with Crippen molar-refractivity contribution in [1.82, 2.24) is 10.9 Å². The largest absolute Gasteiger partial charge is 0.508 e. The maximum Gasteiger partial charge on any atom is 0.136 e. The summed E-state index contributed by atoms with van der Waals surface area (Å²) in [4.78, 5) is 0. The molecule has 1 fully saturated rings. The van der Waals surface area contributed by atoms with Crippen molar-refractivity contribution in [3.05, 3.63) is 52.5 Å². The summed E-state index contributed by atoms with van der Waals surface area (Å²) in [5, 5.41) is 19.5. The number of benzene rings is 2. The molecule has 3 atom stereocenters. The number of nitrogens with one attached hydrogen (secondary N) is 2. The smallest absolute Gasteiger partial charge is 0.136 e. The maximum atomic E-state index is 10.1. The van der Waals surface area contributed by atoms with Gasteiger partial charge in [0, 0.05) is 16.1 Å². The highest BCUT2D eigenvalue weighted by molar-refractivity contribution is 9.10. The zero-order valence-electron chi connectivity index (χ0n) is 12.0. The Morgan fingerprint density at radius 3 is 2.45 bits per heavy atom. The van der Waals surface area contributed by atoms with E-state index in [-0.39, 0.29) is 29.7 Å². The fraction of sp³-hybridized carbons (Fsp3) is 0.250. The zero-order valence-corrected chi connectivity index (χ0v) is 13.5. The van der Waals surface area contributed by atoms with Crippen LogP contribution in [-0.2, 0) is 0 Å². The minimum absolute atomic E-state index is 0.0330. The van der Waals surface area contributed by atoms with Gasteiger partial charge in [-0.2, -0.15) is 0 Å². The third-order valence-electron chi connectivity index (χ3n) is 3.72. The first-order chi connectivity index (χ1) is 10.5. The van der Waals surface area contributed by atoms with Crippen LogP contribution in [0.5, 0.6) is 17.2 Å².